The fourth-order valence-corrected chi connectivity index (χ4v) is 2.30. The number of benzene rings is 2. The highest BCUT2D eigenvalue weighted by molar-refractivity contribution is 5.42. The van der Waals surface area contributed by atoms with Crippen molar-refractivity contribution in [2.75, 3.05) is 19.8 Å². The summed E-state index contributed by atoms with van der Waals surface area (Å²) in [6.07, 6.45) is 0. The lowest BCUT2D eigenvalue weighted by Crippen LogP contribution is -2.10. The van der Waals surface area contributed by atoms with Gasteiger partial charge in [0.2, 0.25) is 0 Å². The molecule has 0 aliphatic heterocycles. The zero-order valence-corrected chi connectivity index (χ0v) is 13.8. The monoisotopic (exact) mass is 300 g/mol. The first-order valence-corrected chi connectivity index (χ1v) is 7.67. The smallest absolute Gasteiger partial charge is 0.161 e. The minimum atomic E-state index is 0.483. The van der Waals surface area contributed by atoms with Gasteiger partial charge in [0, 0.05) is 0 Å². The van der Waals surface area contributed by atoms with E-state index in [4.69, 9.17) is 14.2 Å². The Kier molecular flexibility index (Phi) is 5.70. The van der Waals surface area contributed by atoms with Crippen molar-refractivity contribution in [3.63, 3.8) is 0 Å². The van der Waals surface area contributed by atoms with E-state index in [1.807, 2.05) is 31.2 Å². The first-order chi connectivity index (χ1) is 10.6. The van der Waals surface area contributed by atoms with Crippen molar-refractivity contribution in [2.24, 2.45) is 0 Å². The average Bonchev–Trinajstić information content (AvgIpc) is 2.50. The van der Waals surface area contributed by atoms with E-state index in [1.54, 1.807) is 0 Å². The van der Waals surface area contributed by atoms with Gasteiger partial charge in [-0.25, -0.2) is 0 Å². The lowest BCUT2D eigenvalue weighted by molar-refractivity contribution is 0.207. The van der Waals surface area contributed by atoms with E-state index < -0.39 is 0 Å². The molecular weight excluding hydrogens is 276 g/mol. The van der Waals surface area contributed by atoms with Crippen LogP contribution in [0.2, 0.25) is 0 Å². The summed E-state index contributed by atoms with van der Waals surface area (Å²) >= 11 is 0. The van der Waals surface area contributed by atoms with E-state index in [0.29, 0.717) is 19.8 Å². The molecule has 3 heteroatoms. The van der Waals surface area contributed by atoms with E-state index in [2.05, 4.69) is 32.9 Å². The number of aryl methyl sites for hydroxylation is 2. The van der Waals surface area contributed by atoms with E-state index >= 15 is 0 Å². The third-order valence-electron chi connectivity index (χ3n) is 3.51. The quantitative estimate of drug-likeness (QED) is 0.706. The molecule has 0 atom stereocenters. The molecule has 2 aromatic carbocycles. The van der Waals surface area contributed by atoms with Gasteiger partial charge < -0.3 is 14.2 Å². The minimum Gasteiger partial charge on any atom is -0.490 e. The van der Waals surface area contributed by atoms with Gasteiger partial charge in [-0.2, -0.15) is 0 Å². The van der Waals surface area contributed by atoms with Crippen LogP contribution in [0.3, 0.4) is 0 Å². The summed E-state index contributed by atoms with van der Waals surface area (Å²) in [5.74, 6) is 2.46. The Balaban J connectivity index is 1.90. The number of ether oxygens (including phenoxy) is 3. The van der Waals surface area contributed by atoms with Gasteiger partial charge in [-0.1, -0.05) is 18.2 Å². The van der Waals surface area contributed by atoms with Crippen LogP contribution < -0.4 is 14.2 Å². The third kappa shape index (κ3) is 4.17. The summed E-state index contributed by atoms with van der Waals surface area (Å²) in [5, 5.41) is 0. The van der Waals surface area contributed by atoms with Crippen LogP contribution in [-0.4, -0.2) is 19.8 Å². The van der Waals surface area contributed by atoms with Crippen LogP contribution >= 0.6 is 0 Å². The van der Waals surface area contributed by atoms with Gasteiger partial charge in [0.05, 0.1) is 6.61 Å². The number of para-hydroxylation sites is 2. The van der Waals surface area contributed by atoms with E-state index in [0.717, 1.165) is 17.2 Å². The van der Waals surface area contributed by atoms with Crippen molar-refractivity contribution in [1.29, 1.82) is 0 Å². The molecule has 0 radical (unpaired) electrons. The van der Waals surface area contributed by atoms with Crippen molar-refractivity contribution in [3.8, 4) is 17.2 Å². The zero-order chi connectivity index (χ0) is 15.9. The fraction of sp³-hybridized carbons (Fsp3) is 0.368. The lowest BCUT2D eigenvalue weighted by Gasteiger charge is -2.14. The second-order valence-corrected chi connectivity index (χ2v) is 5.28. The van der Waals surface area contributed by atoms with Crippen molar-refractivity contribution < 1.29 is 14.2 Å². The van der Waals surface area contributed by atoms with Crippen LogP contribution in [0, 0.1) is 20.8 Å². The van der Waals surface area contributed by atoms with Crippen molar-refractivity contribution >= 4 is 0 Å². The molecule has 22 heavy (non-hydrogen) atoms. The molecule has 0 aromatic heterocycles. The molecule has 0 unspecified atom stereocenters. The van der Waals surface area contributed by atoms with Gasteiger partial charge in [0.1, 0.15) is 19.0 Å². The van der Waals surface area contributed by atoms with Gasteiger partial charge in [0.15, 0.2) is 11.5 Å². The van der Waals surface area contributed by atoms with Gasteiger partial charge >= 0.3 is 0 Å². The summed E-state index contributed by atoms with van der Waals surface area (Å²) in [6, 6.07) is 11.9. The Hall–Kier alpha value is -2.16. The van der Waals surface area contributed by atoms with Gasteiger partial charge in [-0.05, 0) is 62.6 Å². The average molecular weight is 300 g/mol. The SMILES string of the molecule is CCOc1ccccc1OCCOc1cc(C)cc(C)c1C. The van der Waals surface area contributed by atoms with Gasteiger partial charge in [-0.15, -0.1) is 0 Å². The maximum absolute atomic E-state index is 5.85. The topological polar surface area (TPSA) is 27.7 Å². The highest BCUT2D eigenvalue weighted by atomic mass is 16.5. The minimum absolute atomic E-state index is 0.483. The van der Waals surface area contributed by atoms with Crippen LogP contribution in [0.4, 0.5) is 0 Å². The summed E-state index contributed by atoms with van der Waals surface area (Å²) < 4.78 is 17.2. The van der Waals surface area contributed by atoms with Crippen LogP contribution in [-0.2, 0) is 0 Å². The molecule has 0 amide bonds. The molecule has 0 bridgehead atoms. The molecule has 0 spiro atoms. The second-order valence-electron chi connectivity index (χ2n) is 5.28. The van der Waals surface area contributed by atoms with Crippen LogP contribution in [0.25, 0.3) is 0 Å². The van der Waals surface area contributed by atoms with Gasteiger partial charge in [0.25, 0.3) is 0 Å². The second kappa shape index (κ2) is 7.74. The Morgan fingerprint density at radius 1 is 0.773 bits per heavy atom. The highest BCUT2D eigenvalue weighted by Gasteiger charge is 2.06. The molecular formula is C19H24O3. The molecule has 0 N–H and O–H groups in total. The molecule has 2 rings (SSSR count). The molecule has 2 aromatic rings. The molecule has 0 aliphatic carbocycles. The Morgan fingerprint density at radius 3 is 2.00 bits per heavy atom. The maximum Gasteiger partial charge on any atom is 0.161 e. The molecule has 0 saturated heterocycles. The van der Waals surface area contributed by atoms with E-state index in [1.165, 1.54) is 16.7 Å². The largest absolute Gasteiger partial charge is 0.490 e. The zero-order valence-electron chi connectivity index (χ0n) is 13.8. The molecule has 0 heterocycles. The highest BCUT2D eigenvalue weighted by Crippen LogP contribution is 2.26. The van der Waals surface area contributed by atoms with Gasteiger partial charge in [-0.3, -0.25) is 0 Å². The van der Waals surface area contributed by atoms with Crippen molar-refractivity contribution in [2.45, 2.75) is 27.7 Å². The van der Waals surface area contributed by atoms with Crippen LogP contribution in [0.1, 0.15) is 23.6 Å². The molecule has 3 nitrogen and oxygen atoms in total. The molecule has 0 saturated carbocycles. The number of hydrogen-bond donors (Lipinski definition) is 0. The maximum atomic E-state index is 5.85. The Morgan fingerprint density at radius 2 is 1.36 bits per heavy atom. The van der Waals surface area contributed by atoms with E-state index in [-0.39, 0.29) is 0 Å². The predicted molar refractivity (Wildman–Crippen MR) is 89.3 cm³/mol. The van der Waals surface area contributed by atoms with Crippen molar-refractivity contribution in [1.82, 2.24) is 0 Å². The first kappa shape index (κ1) is 16.2. The standard InChI is InChI=1S/C19H24O3/c1-5-20-17-8-6-7-9-18(17)21-10-11-22-19-13-14(2)12-15(3)16(19)4/h6-9,12-13H,5,10-11H2,1-4H3. The predicted octanol–water partition coefficient (Wildman–Crippen LogP) is 4.47. The Bertz CT molecular complexity index is 620. The number of rotatable bonds is 7. The third-order valence-corrected chi connectivity index (χ3v) is 3.51. The number of hydrogen-bond acceptors (Lipinski definition) is 3. The summed E-state index contributed by atoms with van der Waals surface area (Å²) in [6.45, 7) is 9.83. The normalized spacial score (nSPS) is 10.4. The van der Waals surface area contributed by atoms with Crippen molar-refractivity contribution in [3.05, 3.63) is 53.1 Å². The fourth-order valence-electron chi connectivity index (χ4n) is 2.30. The molecule has 0 fully saturated rings. The van der Waals surface area contributed by atoms with Crippen LogP contribution in [0.5, 0.6) is 17.2 Å². The summed E-state index contributed by atoms with van der Waals surface area (Å²) in [4.78, 5) is 0. The first-order valence-electron chi connectivity index (χ1n) is 7.67. The Labute approximate surface area is 132 Å². The van der Waals surface area contributed by atoms with Crippen LogP contribution in [0.15, 0.2) is 36.4 Å². The lowest BCUT2D eigenvalue weighted by atomic mass is 10.1. The molecule has 118 valence electrons. The molecule has 0 aliphatic rings. The summed E-state index contributed by atoms with van der Waals surface area (Å²) in [5.41, 5.74) is 3.64. The van der Waals surface area contributed by atoms with E-state index in [9.17, 15) is 0 Å². The summed E-state index contributed by atoms with van der Waals surface area (Å²) in [7, 11) is 0.